The van der Waals surface area contributed by atoms with Gasteiger partial charge in [0.2, 0.25) is 0 Å². The molecule has 2 aliphatic rings. The van der Waals surface area contributed by atoms with E-state index in [-0.39, 0.29) is 23.3 Å². The van der Waals surface area contributed by atoms with Crippen molar-refractivity contribution in [3.8, 4) is 11.8 Å². The number of piperidine rings is 1. The van der Waals surface area contributed by atoms with Crippen molar-refractivity contribution in [2.24, 2.45) is 0 Å². The van der Waals surface area contributed by atoms with Crippen molar-refractivity contribution >= 4 is 14.4 Å². The molecule has 4 nitrogen and oxygen atoms in total. The average Bonchev–Trinajstić information content (AvgIpc) is 2.71. The number of hydrogen-bond donors (Lipinski definition) is 0. The molecule has 2 heterocycles. The van der Waals surface area contributed by atoms with Crippen molar-refractivity contribution in [3.63, 3.8) is 0 Å². The van der Waals surface area contributed by atoms with Crippen molar-refractivity contribution in [1.82, 2.24) is 4.90 Å². The molecule has 2 rings (SSSR count). The summed E-state index contributed by atoms with van der Waals surface area (Å²) in [4.78, 5) is 13.6. The number of ether oxygens (including phenoxy) is 1. The van der Waals surface area contributed by atoms with Gasteiger partial charge < -0.3 is 14.1 Å². The number of amides is 1. The fourth-order valence-electron chi connectivity index (χ4n) is 2.45. The monoisotopic (exact) mass is 309 g/mol. The highest BCUT2D eigenvalue weighted by atomic mass is 28.4. The first-order valence-corrected chi connectivity index (χ1v) is 10.7. The van der Waals surface area contributed by atoms with Crippen molar-refractivity contribution in [2.45, 2.75) is 70.3 Å². The van der Waals surface area contributed by atoms with Gasteiger partial charge in [-0.3, -0.25) is 0 Å². The summed E-state index contributed by atoms with van der Waals surface area (Å²) in [5, 5.41) is 0.189. The fourth-order valence-corrected chi connectivity index (χ4v) is 3.32. The van der Waals surface area contributed by atoms with E-state index >= 15 is 0 Å². The summed E-state index contributed by atoms with van der Waals surface area (Å²) in [5.74, 6) is 6.17. The second kappa shape index (κ2) is 6.02. The second-order valence-electron chi connectivity index (χ2n) is 7.43. The maximum absolute atomic E-state index is 11.8. The van der Waals surface area contributed by atoms with Crippen LogP contribution in [0.15, 0.2) is 0 Å². The number of hydrogen-bond acceptors (Lipinski definition) is 3. The summed E-state index contributed by atoms with van der Waals surface area (Å²) in [7, 11) is -1.75. The van der Waals surface area contributed by atoms with Crippen LogP contribution in [0.25, 0.3) is 0 Å². The first-order chi connectivity index (χ1) is 9.72. The van der Waals surface area contributed by atoms with Gasteiger partial charge in [0, 0.05) is 6.54 Å². The molecule has 2 aliphatic heterocycles. The Hall–Kier alpha value is -0.993. The van der Waals surface area contributed by atoms with Crippen LogP contribution >= 0.6 is 0 Å². The average molecular weight is 309 g/mol. The Bertz CT molecular complexity index is 458. The largest absolute Gasteiger partial charge is 0.431 e. The molecule has 0 bridgehead atoms. The molecule has 5 heteroatoms. The lowest BCUT2D eigenvalue weighted by Crippen LogP contribution is -2.41. The van der Waals surface area contributed by atoms with E-state index in [0.29, 0.717) is 6.61 Å². The van der Waals surface area contributed by atoms with Crippen LogP contribution in [0.5, 0.6) is 0 Å². The van der Waals surface area contributed by atoms with Gasteiger partial charge >= 0.3 is 6.09 Å². The molecule has 0 unspecified atom stereocenters. The molecule has 1 amide bonds. The van der Waals surface area contributed by atoms with E-state index in [1.54, 1.807) is 0 Å². The number of fused-ring (bicyclic) bond motifs is 1. The lowest BCUT2D eigenvalue weighted by Gasteiger charge is -2.35. The third kappa shape index (κ3) is 3.61. The lowest BCUT2D eigenvalue weighted by atomic mass is 9.99. The zero-order valence-corrected chi connectivity index (χ0v) is 14.9. The maximum atomic E-state index is 11.8. The van der Waals surface area contributed by atoms with Crippen LogP contribution in [0.1, 0.15) is 40.0 Å². The minimum Gasteiger partial charge on any atom is -0.431 e. The smallest absolute Gasteiger partial charge is 0.411 e. The molecule has 0 aromatic rings. The van der Waals surface area contributed by atoms with Crippen molar-refractivity contribution < 1.29 is 14.0 Å². The van der Waals surface area contributed by atoms with Gasteiger partial charge in [-0.15, -0.1) is 0 Å². The highest BCUT2D eigenvalue weighted by molar-refractivity contribution is 6.74. The van der Waals surface area contributed by atoms with Crippen LogP contribution in [-0.2, 0) is 9.16 Å². The SMILES string of the molecule is CC(C)(C)[Si](C)(C)OCC#C[C@@H]1OC(=O)N2CCCC[C@@H]12. The summed E-state index contributed by atoms with van der Waals surface area (Å²) in [6.07, 6.45) is 2.73. The molecule has 0 spiro atoms. The third-order valence-electron chi connectivity index (χ3n) is 4.92. The number of cyclic esters (lactones) is 1. The van der Waals surface area contributed by atoms with Gasteiger partial charge in [0.05, 0.1) is 12.6 Å². The number of carbonyl (C=O) groups is 1. The number of rotatable bonds is 2. The predicted molar refractivity (Wildman–Crippen MR) is 85.5 cm³/mol. The van der Waals surface area contributed by atoms with Crippen molar-refractivity contribution in [2.75, 3.05) is 13.2 Å². The summed E-state index contributed by atoms with van der Waals surface area (Å²) in [6, 6.07) is 0.145. The highest BCUT2D eigenvalue weighted by Gasteiger charge is 2.42. The van der Waals surface area contributed by atoms with Crippen molar-refractivity contribution in [3.05, 3.63) is 0 Å². The van der Waals surface area contributed by atoms with Gasteiger partial charge in [-0.05, 0) is 37.4 Å². The molecule has 2 saturated heterocycles. The summed E-state index contributed by atoms with van der Waals surface area (Å²) in [6.45, 7) is 12.3. The predicted octanol–water partition coefficient (Wildman–Crippen LogP) is 3.38. The molecule has 0 N–H and O–H groups in total. The molecule has 118 valence electrons. The molecule has 0 aromatic heterocycles. The molecule has 2 atom stereocenters. The van der Waals surface area contributed by atoms with E-state index in [0.717, 1.165) is 25.8 Å². The first-order valence-electron chi connectivity index (χ1n) is 7.82. The van der Waals surface area contributed by atoms with Crippen molar-refractivity contribution in [1.29, 1.82) is 0 Å². The van der Waals surface area contributed by atoms with Gasteiger partial charge in [0.15, 0.2) is 14.4 Å². The Morgan fingerprint density at radius 1 is 1.38 bits per heavy atom. The normalized spacial score (nSPS) is 26.0. The first kappa shape index (κ1) is 16.4. The molecular weight excluding hydrogens is 282 g/mol. The zero-order valence-electron chi connectivity index (χ0n) is 13.9. The molecule has 0 radical (unpaired) electrons. The molecule has 2 fully saturated rings. The Kier molecular flexibility index (Phi) is 4.69. The minimum atomic E-state index is -1.75. The molecular formula is C16H27NO3Si. The zero-order chi connectivity index (χ0) is 15.7. The van der Waals surface area contributed by atoms with E-state index in [9.17, 15) is 4.79 Å². The molecule has 21 heavy (non-hydrogen) atoms. The maximum Gasteiger partial charge on any atom is 0.411 e. The van der Waals surface area contributed by atoms with E-state index in [2.05, 4.69) is 45.7 Å². The van der Waals surface area contributed by atoms with Gasteiger partial charge in [-0.25, -0.2) is 4.79 Å². The van der Waals surface area contributed by atoms with Gasteiger partial charge in [0.1, 0.15) is 0 Å². The number of carbonyl (C=O) groups excluding carboxylic acids is 1. The quantitative estimate of drug-likeness (QED) is 0.580. The molecule has 0 aliphatic carbocycles. The molecule has 0 saturated carbocycles. The van der Waals surface area contributed by atoms with Crippen LogP contribution in [-0.4, -0.2) is 44.6 Å². The summed E-state index contributed by atoms with van der Waals surface area (Å²) >= 11 is 0. The Labute approximate surface area is 129 Å². The minimum absolute atomic E-state index is 0.145. The topological polar surface area (TPSA) is 38.8 Å². The van der Waals surface area contributed by atoms with E-state index in [4.69, 9.17) is 9.16 Å². The van der Waals surface area contributed by atoms with Gasteiger partial charge in [0.25, 0.3) is 0 Å². The lowest BCUT2D eigenvalue weighted by molar-refractivity contribution is 0.147. The van der Waals surface area contributed by atoms with E-state index < -0.39 is 8.32 Å². The van der Waals surface area contributed by atoms with Gasteiger partial charge in [-0.1, -0.05) is 32.6 Å². The second-order valence-corrected chi connectivity index (χ2v) is 12.2. The van der Waals surface area contributed by atoms with Crippen LogP contribution in [0.3, 0.4) is 0 Å². The Morgan fingerprint density at radius 3 is 2.76 bits per heavy atom. The third-order valence-corrected chi connectivity index (χ3v) is 9.40. The fraction of sp³-hybridized carbons (Fsp3) is 0.812. The summed E-state index contributed by atoms with van der Waals surface area (Å²) < 4.78 is 11.4. The standard InChI is InChI=1S/C16H27NO3Si/c1-16(2,3)21(4,5)19-12-8-10-14-13-9-6-7-11-17(13)15(18)20-14/h13-14H,6-7,9,11-12H2,1-5H3/t13-,14-/m0/s1. The Balaban J connectivity index is 1.90. The van der Waals surface area contributed by atoms with E-state index in [1.165, 1.54) is 0 Å². The highest BCUT2D eigenvalue weighted by Crippen LogP contribution is 2.36. The van der Waals surface area contributed by atoms with Crippen LogP contribution < -0.4 is 0 Å². The van der Waals surface area contributed by atoms with Gasteiger partial charge in [-0.2, -0.15) is 0 Å². The van der Waals surface area contributed by atoms with Crippen LogP contribution in [0, 0.1) is 11.8 Å². The summed E-state index contributed by atoms with van der Waals surface area (Å²) in [5.41, 5.74) is 0. The van der Waals surface area contributed by atoms with E-state index in [1.807, 2.05) is 4.90 Å². The Morgan fingerprint density at radius 2 is 2.10 bits per heavy atom. The molecule has 0 aromatic carbocycles. The number of nitrogens with zero attached hydrogens (tertiary/aromatic N) is 1. The van der Waals surface area contributed by atoms with Crippen LogP contribution in [0.2, 0.25) is 18.1 Å². The van der Waals surface area contributed by atoms with Crippen LogP contribution in [0.4, 0.5) is 4.79 Å².